The summed E-state index contributed by atoms with van der Waals surface area (Å²) in [4.78, 5) is 0. The van der Waals surface area contributed by atoms with Gasteiger partial charge in [0.25, 0.3) is 0 Å². The summed E-state index contributed by atoms with van der Waals surface area (Å²) in [5.74, 6) is 0. The minimum Gasteiger partial charge on any atom is -0.393 e. The fourth-order valence-electron chi connectivity index (χ4n) is 5.93. The highest BCUT2D eigenvalue weighted by Gasteiger charge is 2.85. The van der Waals surface area contributed by atoms with Crippen molar-refractivity contribution in [3.63, 3.8) is 0 Å². The predicted molar refractivity (Wildman–Crippen MR) is 67.9 cm³/mol. The van der Waals surface area contributed by atoms with Crippen molar-refractivity contribution in [2.24, 2.45) is 10.8 Å². The predicted octanol–water partition coefficient (Wildman–Crippen LogP) is 0.571. The maximum Gasteiger partial charge on any atom is 0.167 e. The van der Waals surface area contributed by atoms with E-state index < -0.39 is 11.2 Å². The van der Waals surface area contributed by atoms with Gasteiger partial charge in [0.15, 0.2) is 6.29 Å². The van der Waals surface area contributed by atoms with Gasteiger partial charge in [-0.25, -0.2) is 0 Å². The molecular formula is C15H22O5. The number of hydrogen-bond acceptors (Lipinski definition) is 5. The third-order valence-corrected chi connectivity index (χ3v) is 7.21. The van der Waals surface area contributed by atoms with Gasteiger partial charge in [-0.15, -0.1) is 0 Å². The van der Waals surface area contributed by atoms with E-state index in [1.54, 1.807) is 0 Å². The van der Waals surface area contributed by atoms with Crippen molar-refractivity contribution in [1.82, 2.24) is 0 Å². The Morgan fingerprint density at radius 2 is 1.90 bits per heavy atom. The van der Waals surface area contributed by atoms with E-state index in [0.29, 0.717) is 6.42 Å². The fraction of sp³-hybridized carbons (Fsp3) is 1.00. The first-order valence-electron chi connectivity index (χ1n) is 7.71. The number of aliphatic hydroxyl groups excluding tert-OH is 1. The lowest BCUT2D eigenvalue weighted by atomic mass is 9.52. The van der Waals surface area contributed by atoms with Crippen LogP contribution in [0.15, 0.2) is 0 Å². The molecule has 8 atom stereocenters. The van der Waals surface area contributed by atoms with Gasteiger partial charge in [0.2, 0.25) is 0 Å². The standard InChI is InChI=1S/C15H22O5/c1-12(17)3-4-15(10-9(12)19-10)11-18-8-5-13(15,2)14(6-8,7-16)20-11/h8-11,16-17H,3-7H2,1-2H3/t8-,9-,10+,11+,12-,13-,14-,15-/m0/s1. The molecule has 0 aromatic heterocycles. The lowest BCUT2D eigenvalue weighted by molar-refractivity contribution is -0.272. The highest BCUT2D eigenvalue weighted by atomic mass is 16.7. The first kappa shape index (κ1) is 12.4. The average molecular weight is 282 g/mol. The summed E-state index contributed by atoms with van der Waals surface area (Å²) in [6, 6.07) is 0. The Morgan fingerprint density at radius 3 is 2.65 bits per heavy atom. The van der Waals surface area contributed by atoms with E-state index in [0.717, 1.165) is 19.3 Å². The van der Waals surface area contributed by atoms with E-state index in [1.807, 2.05) is 6.92 Å². The third-order valence-electron chi connectivity index (χ3n) is 7.21. The van der Waals surface area contributed by atoms with Crippen LogP contribution in [0.2, 0.25) is 0 Å². The fourth-order valence-corrected chi connectivity index (χ4v) is 5.93. The molecule has 5 heteroatoms. The molecule has 112 valence electrons. The average Bonchev–Trinajstić information content (AvgIpc) is 3.14. The van der Waals surface area contributed by atoms with Crippen LogP contribution in [0.1, 0.15) is 39.5 Å². The zero-order chi connectivity index (χ0) is 14.0. The number of fused-ring (bicyclic) bond motifs is 1. The van der Waals surface area contributed by atoms with Crippen molar-refractivity contribution < 1.29 is 24.4 Å². The Bertz CT molecular complexity index is 493. The molecule has 5 nitrogen and oxygen atoms in total. The van der Waals surface area contributed by atoms with E-state index in [-0.39, 0.29) is 42.0 Å². The van der Waals surface area contributed by atoms with Gasteiger partial charge in [-0.05, 0) is 26.2 Å². The summed E-state index contributed by atoms with van der Waals surface area (Å²) < 4.78 is 18.2. The van der Waals surface area contributed by atoms with Crippen molar-refractivity contribution in [3.8, 4) is 0 Å². The molecular weight excluding hydrogens is 260 g/mol. The molecule has 2 saturated carbocycles. The topological polar surface area (TPSA) is 71.5 Å². The molecule has 4 bridgehead atoms. The van der Waals surface area contributed by atoms with Crippen LogP contribution in [-0.2, 0) is 14.2 Å². The maximum absolute atomic E-state index is 10.4. The van der Waals surface area contributed by atoms with Gasteiger partial charge in [-0.3, -0.25) is 0 Å². The molecule has 6 fully saturated rings. The van der Waals surface area contributed by atoms with Crippen LogP contribution in [0.25, 0.3) is 0 Å². The molecule has 6 rings (SSSR count). The van der Waals surface area contributed by atoms with Crippen LogP contribution in [0.3, 0.4) is 0 Å². The van der Waals surface area contributed by atoms with E-state index in [1.165, 1.54) is 0 Å². The number of aliphatic hydroxyl groups is 2. The molecule has 0 aromatic rings. The first-order valence-corrected chi connectivity index (χ1v) is 7.71. The van der Waals surface area contributed by atoms with Gasteiger partial charge in [0.1, 0.15) is 11.7 Å². The Labute approximate surface area is 118 Å². The second kappa shape index (κ2) is 3.10. The van der Waals surface area contributed by atoms with Crippen LogP contribution in [0.4, 0.5) is 0 Å². The summed E-state index contributed by atoms with van der Waals surface area (Å²) in [5, 5.41) is 20.4. The highest BCUT2D eigenvalue weighted by molar-refractivity contribution is 5.29. The molecule has 20 heavy (non-hydrogen) atoms. The lowest BCUT2D eigenvalue weighted by Gasteiger charge is -2.51. The minimum absolute atomic E-state index is 0.00808. The molecule has 6 aliphatic rings. The van der Waals surface area contributed by atoms with Crippen molar-refractivity contribution in [3.05, 3.63) is 0 Å². The van der Waals surface area contributed by atoms with Crippen LogP contribution in [-0.4, -0.2) is 52.6 Å². The van der Waals surface area contributed by atoms with Crippen molar-refractivity contribution in [2.45, 2.75) is 75.3 Å². The number of rotatable bonds is 1. The molecule has 0 amide bonds. The minimum atomic E-state index is -0.738. The van der Waals surface area contributed by atoms with E-state index >= 15 is 0 Å². The Balaban J connectivity index is 1.63. The molecule has 2 aliphatic carbocycles. The van der Waals surface area contributed by atoms with Crippen LogP contribution in [0, 0.1) is 10.8 Å². The lowest BCUT2D eigenvalue weighted by Crippen LogP contribution is -2.58. The molecule has 1 spiro atoms. The summed E-state index contributed by atoms with van der Waals surface area (Å²) >= 11 is 0. The van der Waals surface area contributed by atoms with Gasteiger partial charge in [-0.2, -0.15) is 0 Å². The second-order valence-electron chi connectivity index (χ2n) is 7.98. The molecule has 0 aromatic carbocycles. The van der Waals surface area contributed by atoms with Crippen molar-refractivity contribution >= 4 is 0 Å². The zero-order valence-electron chi connectivity index (χ0n) is 12.0. The smallest absolute Gasteiger partial charge is 0.167 e. The zero-order valence-corrected chi connectivity index (χ0v) is 12.0. The SMILES string of the molecule is C[C@]12C[C@H]3C[C@@]1(CO)O[C@@H](O3)[C@@]21CC[C@](C)(O)[C@H]2O[C@H]21. The summed E-state index contributed by atoms with van der Waals surface area (Å²) in [7, 11) is 0. The molecule has 2 N–H and O–H groups in total. The van der Waals surface area contributed by atoms with E-state index in [9.17, 15) is 10.2 Å². The summed E-state index contributed by atoms with van der Waals surface area (Å²) in [6.07, 6.45) is 3.10. The van der Waals surface area contributed by atoms with Crippen LogP contribution < -0.4 is 0 Å². The van der Waals surface area contributed by atoms with Gasteiger partial charge in [0, 0.05) is 11.8 Å². The third kappa shape index (κ3) is 1.00. The van der Waals surface area contributed by atoms with Gasteiger partial charge in [-0.1, -0.05) is 6.92 Å². The first-order chi connectivity index (χ1) is 9.39. The Morgan fingerprint density at radius 1 is 1.10 bits per heavy atom. The molecule has 4 saturated heterocycles. The van der Waals surface area contributed by atoms with Crippen LogP contribution >= 0.6 is 0 Å². The van der Waals surface area contributed by atoms with Gasteiger partial charge in [0.05, 0.1) is 29.8 Å². The highest BCUT2D eigenvalue weighted by Crippen LogP contribution is 2.76. The Kier molecular flexibility index (Phi) is 1.92. The largest absolute Gasteiger partial charge is 0.393 e. The molecule has 0 unspecified atom stereocenters. The van der Waals surface area contributed by atoms with Gasteiger partial charge >= 0.3 is 0 Å². The van der Waals surface area contributed by atoms with Crippen molar-refractivity contribution in [2.75, 3.05) is 6.61 Å². The number of epoxide rings is 1. The quantitative estimate of drug-likeness (QED) is 0.688. The Hall–Kier alpha value is -0.200. The normalized spacial score (nSPS) is 69.6. The van der Waals surface area contributed by atoms with Gasteiger partial charge < -0.3 is 24.4 Å². The molecule has 0 radical (unpaired) electrons. The van der Waals surface area contributed by atoms with E-state index in [2.05, 4.69) is 6.92 Å². The molecule has 4 heterocycles. The monoisotopic (exact) mass is 282 g/mol. The number of ether oxygens (including phenoxy) is 3. The number of hydrogen-bond donors (Lipinski definition) is 2. The van der Waals surface area contributed by atoms with Crippen LogP contribution in [0.5, 0.6) is 0 Å². The van der Waals surface area contributed by atoms with Crippen molar-refractivity contribution in [1.29, 1.82) is 0 Å². The van der Waals surface area contributed by atoms with E-state index in [4.69, 9.17) is 14.2 Å². The molecule has 4 aliphatic heterocycles. The summed E-state index contributed by atoms with van der Waals surface area (Å²) in [5.41, 5.74) is -1.52. The summed E-state index contributed by atoms with van der Waals surface area (Å²) in [6.45, 7) is 4.15. The second-order valence-corrected chi connectivity index (χ2v) is 7.98. The maximum atomic E-state index is 10.4.